The van der Waals surface area contributed by atoms with Gasteiger partial charge in [0.15, 0.2) is 5.69 Å². The zero-order valence-electron chi connectivity index (χ0n) is 18.8. The van der Waals surface area contributed by atoms with E-state index in [1.807, 2.05) is 72.8 Å². The molecule has 0 unspecified atom stereocenters. The summed E-state index contributed by atoms with van der Waals surface area (Å²) in [6.45, 7) is -0.0604. The van der Waals surface area contributed by atoms with Crippen molar-refractivity contribution in [2.75, 3.05) is 6.54 Å². The molecule has 2 N–H and O–H groups in total. The van der Waals surface area contributed by atoms with Gasteiger partial charge >= 0.3 is 0 Å². The minimum absolute atomic E-state index is 0.143. The summed E-state index contributed by atoms with van der Waals surface area (Å²) in [5.41, 5.74) is 2.44. The number of nitrogens with zero attached hydrogens (tertiary/aromatic N) is 4. The van der Waals surface area contributed by atoms with Crippen LogP contribution in [-0.4, -0.2) is 28.0 Å². The molecule has 0 saturated carbocycles. The Morgan fingerprint density at radius 3 is 2.17 bits per heavy atom. The Hall–Kier alpha value is -4.77. The number of para-hydroxylation sites is 1. The highest BCUT2D eigenvalue weighted by atomic mass is 16.3. The molecule has 0 atom stereocenters. The number of carbonyl (C=O) groups is 2. The molecule has 0 aliphatic rings. The van der Waals surface area contributed by atoms with Gasteiger partial charge in [0.25, 0.3) is 5.91 Å². The second-order valence-corrected chi connectivity index (χ2v) is 7.82. The summed E-state index contributed by atoms with van der Waals surface area (Å²) < 4.78 is 1.56. The van der Waals surface area contributed by atoms with Crippen molar-refractivity contribution in [3.8, 4) is 11.9 Å². The zero-order valence-corrected chi connectivity index (χ0v) is 18.8. The predicted molar refractivity (Wildman–Crippen MR) is 131 cm³/mol. The van der Waals surface area contributed by atoms with Crippen molar-refractivity contribution in [3.63, 3.8) is 0 Å². The van der Waals surface area contributed by atoms with Crippen molar-refractivity contribution in [3.05, 3.63) is 96.1 Å². The number of fused-ring (bicyclic) bond motifs is 1. The lowest BCUT2D eigenvalue weighted by Gasteiger charge is -2.17. The van der Waals surface area contributed by atoms with Gasteiger partial charge in [0.1, 0.15) is 6.54 Å². The normalized spacial score (nSPS) is 11.1. The zero-order chi connectivity index (χ0) is 24.6. The third-order valence-corrected chi connectivity index (χ3v) is 5.57. The standard InChI is InChI=1S/C27H23N5O3/c28-16-9-17-32-22-15-8-7-14-21(22)25(27(32)35)31-30-23(33)18-29-26(34)24(19-10-3-1-4-11-19)20-12-5-2-6-13-20/h1-8,10-15,24,35H,9,17-18H2,(H,29,34). The monoisotopic (exact) mass is 465 g/mol. The van der Waals surface area contributed by atoms with Crippen molar-refractivity contribution < 1.29 is 14.7 Å². The van der Waals surface area contributed by atoms with Crippen LogP contribution in [0.1, 0.15) is 23.5 Å². The lowest BCUT2D eigenvalue weighted by atomic mass is 9.90. The smallest absolute Gasteiger partial charge is 0.283 e. The van der Waals surface area contributed by atoms with E-state index in [4.69, 9.17) is 5.26 Å². The number of azo groups is 1. The van der Waals surface area contributed by atoms with Crippen molar-refractivity contribution in [2.45, 2.75) is 18.9 Å². The molecular weight excluding hydrogens is 442 g/mol. The Morgan fingerprint density at radius 2 is 1.54 bits per heavy atom. The predicted octanol–water partition coefficient (Wildman–Crippen LogP) is 4.82. The third-order valence-electron chi connectivity index (χ3n) is 5.57. The molecule has 8 nitrogen and oxygen atoms in total. The molecule has 1 aromatic heterocycles. The number of benzene rings is 3. The molecule has 0 spiro atoms. The van der Waals surface area contributed by atoms with Gasteiger partial charge < -0.3 is 15.0 Å². The number of amides is 2. The molecule has 8 heteroatoms. The first-order chi connectivity index (χ1) is 17.1. The summed E-state index contributed by atoms with van der Waals surface area (Å²) in [4.78, 5) is 25.5. The molecule has 1 heterocycles. The first-order valence-electron chi connectivity index (χ1n) is 11.1. The van der Waals surface area contributed by atoms with E-state index in [9.17, 15) is 14.7 Å². The van der Waals surface area contributed by atoms with E-state index in [0.717, 1.165) is 11.1 Å². The molecule has 4 rings (SSSR count). The molecule has 0 aliphatic heterocycles. The highest BCUT2D eigenvalue weighted by Gasteiger charge is 2.23. The SMILES string of the molecule is N#CCCn1c(O)c(N=NC(=O)CNC(=O)C(c2ccccc2)c2ccccc2)c2ccccc21. The molecule has 0 fully saturated rings. The minimum atomic E-state index is -0.661. The number of aryl methyl sites for hydroxylation is 1. The Labute approximate surface area is 202 Å². The van der Waals surface area contributed by atoms with Gasteiger partial charge in [-0.1, -0.05) is 78.9 Å². The highest BCUT2D eigenvalue weighted by molar-refractivity contribution is 5.95. The summed E-state index contributed by atoms with van der Waals surface area (Å²) in [6.07, 6.45) is 0.206. The fourth-order valence-corrected chi connectivity index (χ4v) is 3.95. The largest absolute Gasteiger partial charge is 0.493 e. The van der Waals surface area contributed by atoms with Crippen LogP contribution >= 0.6 is 0 Å². The Balaban J connectivity index is 1.50. The molecule has 0 aliphatic carbocycles. The molecule has 3 aromatic carbocycles. The third kappa shape index (κ3) is 5.25. The van der Waals surface area contributed by atoms with Gasteiger partial charge in [0, 0.05) is 11.9 Å². The van der Waals surface area contributed by atoms with E-state index >= 15 is 0 Å². The summed E-state index contributed by atoms with van der Waals surface area (Å²) in [6, 6.07) is 27.8. The van der Waals surface area contributed by atoms with Gasteiger partial charge in [0.2, 0.25) is 11.8 Å². The van der Waals surface area contributed by atoms with Crippen molar-refractivity contribution in [1.82, 2.24) is 9.88 Å². The van der Waals surface area contributed by atoms with Crippen molar-refractivity contribution in [1.29, 1.82) is 5.26 Å². The molecule has 4 aromatic rings. The molecular formula is C27H23N5O3. The maximum atomic E-state index is 13.1. The van der Waals surface area contributed by atoms with Crippen LogP contribution in [-0.2, 0) is 16.1 Å². The van der Waals surface area contributed by atoms with Gasteiger partial charge in [-0.05, 0) is 17.2 Å². The van der Waals surface area contributed by atoms with E-state index in [2.05, 4.69) is 15.5 Å². The van der Waals surface area contributed by atoms with E-state index < -0.39 is 11.8 Å². The van der Waals surface area contributed by atoms with Crippen molar-refractivity contribution >= 4 is 28.4 Å². The molecule has 0 saturated heterocycles. The topological polar surface area (TPSA) is 120 Å². The number of rotatable bonds is 8. The average molecular weight is 466 g/mol. The number of carbonyl (C=O) groups excluding carboxylic acids is 2. The number of hydrogen-bond acceptors (Lipinski definition) is 5. The number of nitrogens with one attached hydrogen (secondary N) is 1. The van der Waals surface area contributed by atoms with Gasteiger partial charge in [-0.3, -0.25) is 9.59 Å². The second-order valence-electron chi connectivity index (χ2n) is 7.82. The van der Waals surface area contributed by atoms with E-state index in [0.29, 0.717) is 10.9 Å². The van der Waals surface area contributed by atoms with E-state index in [1.165, 1.54) is 0 Å². The van der Waals surface area contributed by atoms with Gasteiger partial charge in [-0.2, -0.15) is 5.26 Å². The minimum Gasteiger partial charge on any atom is -0.493 e. The Kier molecular flexibility index (Phi) is 7.28. The maximum absolute atomic E-state index is 13.1. The average Bonchev–Trinajstić information content (AvgIpc) is 3.16. The first-order valence-corrected chi connectivity index (χ1v) is 11.1. The van der Waals surface area contributed by atoms with E-state index in [-0.39, 0.29) is 37.0 Å². The molecule has 0 bridgehead atoms. The lowest BCUT2D eigenvalue weighted by molar-refractivity contribution is -0.125. The second kappa shape index (κ2) is 10.9. The van der Waals surface area contributed by atoms with Gasteiger partial charge in [-0.15, -0.1) is 10.2 Å². The number of aromatic hydroxyl groups is 1. The summed E-state index contributed by atoms with van der Waals surface area (Å²) >= 11 is 0. The number of hydrogen-bond donors (Lipinski definition) is 2. The quantitative estimate of drug-likeness (QED) is 0.363. The Bertz CT molecular complexity index is 1370. The number of nitriles is 1. The fraction of sp³-hybridized carbons (Fsp3) is 0.148. The van der Waals surface area contributed by atoms with Crippen LogP contribution in [0.3, 0.4) is 0 Å². The lowest BCUT2D eigenvalue weighted by Crippen LogP contribution is -2.33. The van der Waals surface area contributed by atoms with Crippen LogP contribution in [0.5, 0.6) is 5.88 Å². The summed E-state index contributed by atoms with van der Waals surface area (Å²) in [5.74, 6) is -1.74. The van der Waals surface area contributed by atoms with Crippen LogP contribution < -0.4 is 5.32 Å². The van der Waals surface area contributed by atoms with Gasteiger partial charge in [0.05, 0.1) is 23.9 Å². The molecule has 35 heavy (non-hydrogen) atoms. The molecule has 0 radical (unpaired) electrons. The Morgan fingerprint density at radius 1 is 0.943 bits per heavy atom. The van der Waals surface area contributed by atoms with Crippen LogP contribution in [0.2, 0.25) is 0 Å². The van der Waals surface area contributed by atoms with Gasteiger partial charge in [-0.25, -0.2) is 0 Å². The summed E-state index contributed by atoms with van der Waals surface area (Å²) in [5, 5.41) is 30.5. The first kappa shape index (κ1) is 23.4. The highest BCUT2D eigenvalue weighted by Crippen LogP contribution is 2.38. The van der Waals surface area contributed by atoms with Crippen molar-refractivity contribution in [2.24, 2.45) is 10.2 Å². The van der Waals surface area contributed by atoms with Crippen LogP contribution in [0.4, 0.5) is 5.69 Å². The summed E-state index contributed by atoms with van der Waals surface area (Å²) in [7, 11) is 0. The number of aromatic nitrogens is 1. The maximum Gasteiger partial charge on any atom is 0.283 e. The van der Waals surface area contributed by atoms with Crippen LogP contribution in [0.25, 0.3) is 10.9 Å². The molecule has 2 amide bonds. The fourth-order valence-electron chi connectivity index (χ4n) is 3.95. The van der Waals surface area contributed by atoms with E-state index in [1.54, 1.807) is 22.8 Å². The van der Waals surface area contributed by atoms with Crippen LogP contribution in [0, 0.1) is 11.3 Å². The molecule has 174 valence electrons. The van der Waals surface area contributed by atoms with Crippen LogP contribution in [0.15, 0.2) is 95.2 Å².